The van der Waals surface area contributed by atoms with Gasteiger partial charge in [0.25, 0.3) is 0 Å². The number of hydrogen-bond donors (Lipinski definition) is 2. The van der Waals surface area contributed by atoms with Crippen LogP contribution in [0.1, 0.15) is 12.0 Å². The van der Waals surface area contributed by atoms with Crippen LogP contribution < -0.4 is 14.2 Å². The van der Waals surface area contributed by atoms with Gasteiger partial charge in [0.15, 0.2) is 11.5 Å². The second kappa shape index (κ2) is 11.1. The summed E-state index contributed by atoms with van der Waals surface area (Å²) in [7, 11) is 1.62. The van der Waals surface area contributed by atoms with Crippen LogP contribution in [0.5, 0.6) is 17.2 Å². The van der Waals surface area contributed by atoms with E-state index in [2.05, 4.69) is 9.88 Å². The van der Waals surface area contributed by atoms with Crippen molar-refractivity contribution in [1.29, 1.82) is 0 Å². The Morgan fingerprint density at radius 1 is 1.18 bits per heavy atom. The van der Waals surface area contributed by atoms with Crippen molar-refractivity contribution in [3.8, 4) is 17.2 Å². The molecule has 0 unspecified atom stereocenters. The van der Waals surface area contributed by atoms with Gasteiger partial charge in [0.1, 0.15) is 24.6 Å². The van der Waals surface area contributed by atoms with Gasteiger partial charge in [0, 0.05) is 37.1 Å². The molecule has 1 aliphatic rings. The Balaban J connectivity index is 1.35. The molecule has 2 aromatic carbocycles. The predicted octanol–water partition coefficient (Wildman–Crippen LogP) is 3.00. The molecule has 1 aliphatic heterocycles. The summed E-state index contributed by atoms with van der Waals surface area (Å²) in [6.45, 7) is 2.69. The minimum absolute atomic E-state index is 0.0297. The van der Waals surface area contributed by atoms with E-state index in [0.29, 0.717) is 54.9 Å². The number of likely N-dealkylation sites (tertiary alicyclic amines) is 1. The number of halogens is 1. The van der Waals surface area contributed by atoms with Gasteiger partial charge in [0.05, 0.1) is 26.1 Å². The van der Waals surface area contributed by atoms with Crippen molar-refractivity contribution in [2.75, 3.05) is 33.4 Å². The lowest BCUT2D eigenvalue weighted by Crippen LogP contribution is -2.59. The van der Waals surface area contributed by atoms with Crippen LogP contribution in [-0.2, 0) is 13.1 Å². The fraction of sp³-hybridized carbons (Fsp3) is 0.400. The summed E-state index contributed by atoms with van der Waals surface area (Å²) >= 11 is 6.01. The van der Waals surface area contributed by atoms with Gasteiger partial charge in [-0.25, -0.2) is 4.98 Å². The van der Waals surface area contributed by atoms with E-state index in [4.69, 9.17) is 25.8 Å². The number of nitrogens with zero attached hydrogens (tertiary/aromatic N) is 3. The van der Waals surface area contributed by atoms with Crippen molar-refractivity contribution in [3.05, 3.63) is 71.8 Å². The van der Waals surface area contributed by atoms with Crippen LogP contribution in [0.4, 0.5) is 0 Å². The van der Waals surface area contributed by atoms with Crippen LogP contribution in [0.15, 0.2) is 61.2 Å². The number of hydrogen-bond acceptors (Lipinski definition) is 7. The summed E-state index contributed by atoms with van der Waals surface area (Å²) in [4.78, 5) is 6.12. The number of aliphatic hydroxyl groups excluding tert-OH is 1. The number of imidazole rings is 1. The number of aromatic nitrogens is 2. The molecular formula is C25H30ClN3O5. The lowest BCUT2D eigenvalue weighted by Gasteiger charge is -2.42. The van der Waals surface area contributed by atoms with E-state index in [9.17, 15) is 10.2 Å². The smallest absolute Gasteiger partial charge is 0.161 e. The standard InChI is InChI=1S/C25H30ClN3O5/c1-32-23-13-19(5-6-22(23)33-12-11-28-10-8-27-18-28)15-29-9-7-24(30)25(31,16-29)17-34-21-4-2-3-20(26)14-21/h2-6,8,10,13-14,18,24,30-31H,7,9,11-12,15-17H2,1H3/t24-,25-/m0/s1. The summed E-state index contributed by atoms with van der Waals surface area (Å²) in [6.07, 6.45) is 4.95. The van der Waals surface area contributed by atoms with Crippen LogP contribution in [0.25, 0.3) is 0 Å². The molecule has 2 atom stereocenters. The molecule has 1 aromatic heterocycles. The molecule has 0 bridgehead atoms. The van der Waals surface area contributed by atoms with E-state index in [-0.39, 0.29) is 13.2 Å². The molecule has 8 nitrogen and oxygen atoms in total. The van der Waals surface area contributed by atoms with E-state index < -0.39 is 11.7 Å². The minimum atomic E-state index is -1.39. The highest BCUT2D eigenvalue weighted by Gasteiger charge is 2.42. The topological polar surface area (TPSA) is 89.2 Å². The number of rotatable bonds is 10. The van der Waals surface area contributed by atoms with Crippen molar-refractivity contribution < 1.29 is 24.4 Å². The third-order valence-corrected chi connectivity index (χ3v) is 6.16. The Morgan fingerprint density at radius 3 is 2.82 bits per heavy atom. The van der Waals surface area contributed by atoms with Gasteiger partial charge in [-0.2, -0.15) is 0 Å². The molecule has 1 saturated heterocycles. The van der Waals surface area contributed by atoms with Crippen molar-refractivity contribution in [1.82, 2.24) is 14.5 Å². The highest BCUT2D eigenvalue weighted by molar-refractivity contribution is 6.30. The van der Waals surface area contributed by atoms with Crippen molar-refractivity contribution in [2.45, 2.75) is 31.2 Å². The molecule has 3 aromatic rings. The summed E-state index contributed by atoms with van der Waals surface area (Å²) < 4.78 is 19.1. The zero-order valence-electron chi connectivity index (χ0n) is 19.1. The molecule has 9 heteroatoms. The van der Waals surface area contributed by atoms with Crippen molar-refractivity contribution in [3.63, 3.8) is 0 Å². The van der Waals surface area contributed by atoms with Gasteiger partial charge in [-0.15, -0.1) is 0 Å². The van der Waals surface area contributed by atoms with Crippen LogP contribution >= 0.6 is 11.6 Å². The zero-order valence-corrected chi connectivity index (χ0v) is 19.9. The fourth-order valence-electron chi connectivity index (χ4n) is 4.05. The average molecular weight is 488 g/mol. The second-order valence-corrected chi connectivity index (χ2v) is 8.94. The highest BCUT2D eigenvalue weighted by atomic mass is 35.5. The first-order chi connectivity index (χ1) is 16.4. The van der Waals surface area contributed by atoms with Gasteiger partial charge >= 0.3 is 0 Å². The Kier molecular flexibility index (Phi) is 7.95. The maximum absolute atomic E-state index is 11.1. The highest BCUT2D eigenvalue weighted by Crippen LogP contribution is 2.30. The normalized spacial score (nSPS) is 20.8. The Morgan fingerprint density at radius 2 is 2.06 bits per heavy atom. The van der Waals surface area contributed by atoms with Crippen LogP contribution in [0.2, 0.25) is 5.02 Å². The molecule has 182 valence electrons. The number of β-amino-alcohol motifs (C(OH)–C–C–N with tert-alkyl or cyclic N) is 1. The monoisotopic (exact) mass is 487 g/mol. The van der Waals surface area contributed by atoms with E-state index >= 15 is 0 Å². The third kappa shape index (κ3) is 6.21. The van der Waals surface area contributed by atoms with Crippen molar-refractivity contribution >= 4 is 11.6 Å². The van der Waals surface area contributed by atoms with Gasteiger partial charge in [-0.3, -0.25) is 4.90 Å². The van der Waals surface area contributed by atoms with Crippen molar-refractivity contribution in [2.24, 2.45) is 0 Å². The summed E-state index contributed by atoms with van der Waals surface area (Å²) in [5, 5.41) is 22.2. The van der Waals surface area contributed by atoms with Gasteiger partial charge < -0.3 is 29.0 Å². The summed E-state index contributed by atoms with van der Waals surface area (Å²) in [6, 6.07) is 12.8. The maximum atomic E-state index is 11.1. The number of ether oxygens (including phenoxy) is 3. The maximum Gasteiger partial charge on any atom is 0.161 e. The largest absolute Gasteiger partial charge is 0.493 e. The molecule has 4 rings (SSSR count). The summed E-state index contributed by atoms with van der Waals surface area (Å²) in [5.74, 6) is 1.88. The molecule has 1 fully saturated rings. The first-order valence-corrected chi connectivity index (χ1v) is 11.6. The quantitative estimate of drug-likeness (QED) is 0.454. The first kappa shape index (κ1) is 24.3. The van der Waals surface area contributed by atoms with E-state index in [0.717, 1.165) is 5.56 Å². The Hall–Kier alpha value is -2.78. The van der Waals surface area contributed by atoms with Crippen LogP contribution in [0.3, 0.4) is 0 Å². The number of piperidine rings is 1. The number of methoxy groups -OCH3 is 1. The Bertz CT molecular complexity index is 1060. The summed E-state index contributed by atoms with van der Waals surface area (Å²) in [5.41, 5.74) is -0.366. The first-order valence-electron chi connectivity index (χ1n) is 11.2. The SMILES string of the molecule is COc1cc(CN2CC[C@H](O)[C@@](O)(COc3cccc(Cl)c3)C2)ccc1OCCn1ccnc1. The molecule has 0 amide bonds. The van der Waals surface area contributed by atoms with E-state index in [1.165, 1.54) is 0 Å². The molecular weight excluding hydrogens is 458 g/mol. The second-order valence-electron chi connectivity index (χ2n) is 8.50. The Labute approximate surface area is 204 Å². The third-order valence-electron chi connectivity index (χ3n) is 5.92. The fourth-order valence-corrected chi connectivity index (χ4v) is 4.24. The van der Waals surface area contributed by atoms with Crippen LogP contribution in [0, 0.1) is 0 Å². The van der Waals surface area contributed by atoms with E-state index in [1.807, 2.05) is 29.0 Å². The lowest BCUT2D eigenvalue weighted by atomic mass is 9.90. The minimum Gasteiger partial charge on any atom is -0.493 e. The zero-order chi connectivity index (χ0) is 24.0. The van der Waals surface area contributed by atoms with E-state index in [1.54, 1.807) is 43.9 Å². The molecule has 0 radical (unpaired) electrons. The lowest BCUT2D eigenvalue weighted by molar-refractivity contribution is -0.140. The number of aliphatic hydroxyl groups is 2. The average Bonchev–Trinajstić information content (AvgIpc) is 3.35. The predicted molar refractivity (Wildman–Crippen MR) is 129 cm³/mol. The van der Waals surface area contributed by atoms with Gasteiger partial charge in [-0.1, -0.05) is 23.7 Å². The molecule has 34 heavy (non-hydrogen) atoms. The van der Waals surface area contributed by atoms with Gasteiger partial charge in [-0.05, 0) is 42.3 Å². The molecule has 0 aliphatic carbocycles. The van der Waals surface area contributed by atoms with Crippen LogP contribution in [-0.4, -0.2) is 69.8 Å². The molecule has 0 saturated carbocycles. The molecule has 2 N–H and O–H groups in total. The molecule has 0 spiro atoms. The number of benzene rings is 2. The molecule has 2 heterocycles. The van der Waals surface area contributed by atoms with Gasteiger partial charge in [0.2, 0.25) is 0 Å².